The van der Waals surface area contributed by atoms with E-state index in [0.717, 1.165) is 16.7 Å². The maximum absolute atomic E-state index is 11.5. The van der Waals surface area contributed by atoms with Gasteiger partial charge in [0.15, 0.2) is 0 Å². The highest BCUT2D eigenvalue weighted by Gasteiger charge is 2.08. The van der Waals surface area contributed by atoms with Gasteiger partial charge in [0.25, 0.3) is 5.91 Å². The third kappa shape index (κ3) is 4.63. The van der Waals surface area contributed by atoms with E-state index >= 15 is 0 Å². The van der Waals surface area contributed by atoms with Crippen LogP contribution in [0.2, 0.25) is 0 Å². The van der Waals surface area contributed by atoms with Crippen LogP contribution in [0.1, 0.15) is 21.7 Å². The molecular weight excluding hydrogens is 332 g/mol. The molecule has 3 N–H and O–H groups in total. The maximum atomic E-state index is 11.5. The monoisotopic (exact) mass is 348 g/mol. The predicted molar refractivity (Wildman–Crippen MR) is 85.2 cm³/mol. The molecule has 0 spiro atoms. The quantitative estimate of drug-likeness (QED) is 0.493. The summed E-state index contributed by atoms with van der Waals surface area (Å²) in [6, 6.07) is 13.5. The molecule has 2 rings (SSSR count). The van der Waals surface area contributed by atoms with E-state index in [2.05, 4.69) is 43.4 Å². The summed E-state index contributed by atoms with van der Waals surface area (Å²) < 4.78 is 1.07. The number of hydrogen-bond acceptors (Lipinski definition) is 4. The molecule has 0 unspecified atom stereocenters. The lowest BCUT2D eigenvalue weighted by molar-refractivity contribution is 0.0948. The van der Waals surface area contributed by atoms with Crippen LogP contribution >= 0.6 is 15.9 Å². The van der Waals surface area contributed by atoms with Crippen LogP contribution in [-0.2, 0) is 13.1 Å². The van der Waals surface area contributed by atoms with Gasteiger partial charge in [-0.15, -0.1) is 0 Å². The van der Waals surface area contributed by atoms with E-state index in [1.54, 1.807) is 12.1 Å². The first-order chi connectivity index (χ1) is 10.1. The van der Waals surface area contributed by atoms with Crippen LogP contribution in [0.5, 0.6) is 0 Å². The van der Waals surface area contributed by atoms with Crippen LogP contribution in [0.25, 0.3) is 0 Å². The van der Waals surface area contributed by atoms with Crippen LogP contribution < -0.4 is 11.3 Å². The number of hydrazine groups is 1. The van der Waals surface area contributed by atoms with Gasteiger partial charge in [-0.05, 0) is 36.9 Å². The normalized spacial score (nSPS) is 10.7. The number of nitrogens with zero attached hydrogens (tertiary/aromatic N) is 2. The second-order valence-corrected chi connectivity index (χ2v) is 5.70. The van der Waals surface area contributed by atoms with Gasteiger partial charge >= 0.3 is 0 Å². The van der Waals surface area contributed by atoms with Crippen molar-refractivity contribution in [2.45, 2.75) is 13.1 Å². The molecular formula is C15H17BrN4O. The van der Waals surface area contributed by atoms with Crippen LogP contribution in [-0.4, -0.2) is 22.8 Å². The van der Waals surface area contributed by atoms with Crippen molar-refractivity contribution in [3.63, 3.8) is 0 Å². The van der Waals surface area contributed by atoms with Gasteiger partial charge in [-0.3, -0.25) is 15.1 Å². The first kappa shape index (κ1) is 15.6. The summed E-state index contributed by atoms with van der Waals surface area (Å²) in [5, 5.41) is 0. The molecule has 21 heavy (non-hydrogen) atoms. The average Bonchev–Trinajstić information content (AvgIpc) is 2.49. The highest BCUT2D eigenvalue weighted by molar-refractivity contribution is 9.10. The van der Waals surface area contributed by atoms with Gasteiger partial charge < -0.3 is 0 Å². The van der Waals surface area contributed by atoms with Gasteiger partial charge in [-0.25, -0.2) is 10.8 Å². The van der Waals surface area contributed by atoms with Gasteiger partial charge in [-0.1, -0.05) is 34.1 Å². The minimum atomic E-state index is -0.382. The van der Waals surface area contributed by atoms with Crippen molar-refractivity contribution in [1.29, 1.82) is 0 Å². The minimum absolute atomic E-state index is 0.326. The molecule has 1 aromatic carbocycles. The summed E-state index contributed by atoms with van der Waals surface area (Å²) in [4.78, 5) is 17.9. The molecule has 0 fully saturated rings. The molecule has 110 valence electrons. The number of nitrogen functional groups attached to an aromatic ring is 1. The first-order valence-electron chi connectivity index (χ1n) is 6.48. The maximum Gasteiger partial charge on any atom is 0.283 e. The Labute approximate surface area is 132 Å². The number of carbonyl (C=O) groups excluding carboxylic acids is 1. The lowest BCUT2D eigenvalue weighted by Gasteiger charge is -2.16. The predicted octanol–water partition coefficient (Wildman–Crippen LogP) is 2.08. The summed E-state index contributed by atoms with van der Waals surface area (Å²) in [5.74, 6) is 4.73. The largest absolute Gasteiger partial charge is 0.296 e. The third-order valence-corrected chi connectivity index (χ3v) is 3.50. The van der Waals surface area contributed by atoms with Gasteiger partial charge in [0.2, 0.25) is 0 Å². The summed E-state index contributed by atoms with van der Waals surface area (Å²) in [5.41, 5.74) is 4.46. The van der Waals surface area contributed by atoms with E-state index < -0.39 is 0 Å². The number of pyridine rings is 1. The van der Waals surface area contributed by atoms with E-state index in [4.69, 9.17) is 5.84 Å². The Hall–Kier alpha value is -1.76. The number of nitrogens with one attached hydrogen (secondary N) is 1. The molecule has 5 nitrogen and oxygen atoms in total. The van der Waals surface area contributed by atoms with Gasteiger partial charge in [0, 0.05) is 17.6 Å². The fourth-order valence-corrected chi connectivity index (χ4v) is 2.27. The molecule has 6 heteroatoms. The van der Waals surface area contributed by atoms with E-state index in [0.29, 0.717) is 12.2 Å². The Balaban J connectivity index is 2.00. The lowest BCUT2D eigenvalue weighted by atomic mass is 10.2. The fourth-order valence-electron chi connectivity index (χ4n) is 2.00. The summed E-state index contributed by atoms with van der Waals surface area (Å²) in [7, 11) is 2.01. The van der Waals surface area contributed by atoms with E-state index in [1.165, 1.54) is 5.56 Å². The Bertz CT molecular complexity index is 615. The summed E-state index contributed by atoms with van der Waals surface area (Å²) in [6.45, 7) is 1.46. The topological polar surface area (TPSA) is 71.2 Å². The van der Waals surface area contributed by atoms with E-state index in [-0.39, 0.29) is 5.91 Å². The van der Waals surface area contributed by atoms with Crippen molar-refractivity contribution in [1.82, 2.24) is 15.3 Å². The number of hydrogen-bond donors (Lipinski definition) is 2. The number of nitrogens with two attached hydrogens (primary N) is 1. The second-order valence-electron chi connectivity index (χ2n) is 4.79. The molecule has 1 heterocycles. The minimum Gasteiger partial charge on any atom is -0.296 e. The molecule has 0 saturated heterocycles. The van der Waals surface area contributed by atoms with Gasteiger partial charge in [0.05, 0.1) is 5.69 Å². The molecule has 2 aromatic rings. The molecule has 0 saturated carbocycles. The number of aromatic nitrogens is 1. The zero-order chi connectivity index (χ0) is 15.2. The van der Waals surface area contributed by atoms with Crippen LogP contribution in [0.3, 0.4) is 0 Å². The zero-order valence-corrected chi connectivity index (χ0v) is 13.3. The molecule has 0 aliphatic carbocycles. The first-order valence-corrected chi connectivity index (χ1v) is 7.27. The molecule has 0 aliphatic rings. The highest BCUT2D eigenvalue weighted by Crippen LogP contribution is 2.12. The Morgan fingerprint density at radius 2 is 1.95 bits per heavy atom. The second kappa shape index (κ2) is 7.31. The van der Waals surface area contributed by atoms with Crippen LogP contribution in [0.15, 0.2) is 46.9 Å². The third-order valence-electron chi connectivity index (χ3n) is 2.97. The van der Waals surface area contributed by atoms with Crippen LogP contribution in [0.4, 0.5) is 0 Å². The molecule has 0 aliphatic heterocycles. The molecule has 1 amide bonds. The summed E-state index contributed by atoms with van der Waals surface area (Å²) in [6.07, 6.45) is 0. The van der Waals surface area contributed by atoms with Crippen molar-refractivity contribution in [2.75, 3.05) is 7.05 Å². The molecule has 1 aromatic heterocycles. The number of benzene rings is 1. The number of amides is 1. The van der Waals surface area contributed by atoms with Crippen molar-refractivity contribution in [3.05, 3.63) is 63.9 Å². The number of carbonyl (C=O) groups is 1. The van der Waals surface area contributed by atoms with Gasteiger partial charge in [0.1, 0.15) is 5.69 Å². The SMILES string of the molecule is CN(Cc1ccc(Br)cc1)Cc1cccc(C(=O)NN)n1. The average molecular weight is 349 g/mol. The van der Waals surface area contributed by atoms with E-state index in [1.807, 2.05) is 25.2 Å². The number of rotatable bonds is 5. The van der Waals surface area contributed by atoms with E-state index in [9.17, 15) is 4.79 Å². The summed E-state index contributed by atoms with van der Waals surface area (Å²) >= 11 is 3.42. The van der Waals surface area contributed by atoms with Crippen molar-refractivity contribution in [3.8, 4) is 0 Å². The fraction of sp³-hybridized carbons (Fsp3) is 0.200. The molecule has 0 atom stereocenters. The standard InChI is InChI=1S/C15H17BrN4O/c1-20(9-11-5-7-12(16)8-6-11)10-13-3-2-4-14(18-13)15(21)19-17/h2-8H,9-10,17H2,1H3,(H,19,21). The molecule has 0 radical (unpaired) electrons. The van der Waals surface area contributed by atoms with Crippen LogP contribution in [0, 0.1) is 0 Å². The Morgan fingerprint density at radius 3 is 2.62 bits per heavy atom. The highest BCUT2D eigenvalue weighted by atomic mass is 79.9. The Morgan fingerprint density at radius 1 is 1.24 bits per heavy atom. The van der Waals surface area contributed by atoms with Crippen molar-refractivity contribution < 1.29 is 4.79 Å². The van der Waals surface area contributed by atoms with Crippen molar-refractivity contribution in [2.24, 2.45) is 5.84 Å². The lowest BCUT2D eigenvalue weighted by Crippen LogP contribution is -2.31. The Kier molecular flexibility index (Phi) is 5.44. The molecule has 0 bridgehead atoms. The zero-order valence-electron chi connectivity index (χ0n) is 11.7. The number of halogens is 1. The smallest absolute Gasteiger partial charge is 0.283 e. The van der Waals surface area contributed by atoms with Gasteiger partial charge in [-0.2, -0.15) is 0 Å². The van der Waals surface area contributed by atoms with Crippen molar-refractivity contribution >= 4 is 21.8 Å².